The molecule has 2 heterocycles. The smallest absolute Gasteiger partial charge is 0.287 e. The highest BCUT2D eigenvalue weighted by molar-refractivity contribution is 5.92. The molecule has 0 saturated heterocycles. The average Bonchev–Trinajstić information content (AvgIpc) is 3.02. The normalized spacial score (nSPS) is 18.2. The van der Waals surface area contributed by atoms with Crippen molar-refractivity contribution < 1.29 is 23.4 Å². The van der Waals surface area contributed by atoms with Crippen LogP contribution in [0.1, 0.15) is 42.4 Å². The van der Waals surface area contributed by atoms with Crippen LogP contribution in [-0.2, 0) is 0 Å². The second-order valence-electron chi connectivity index (χ2n) is 6.32. The summed E-state index contributed by atoms with van der Waals surface area (Å²) in [6, 6.07) is 8.59. The molecule has 1 amide bonds. The average molecular weight is 331 g/mol. The van der Waals surface area contributed by atoms with Gasteiger partial charge in [0.15, 0.2) is 5.76 Å². The third kappa shape index (κ3) is 3.18. The first-order chi connectivity index (χ1) is 11.4. The monoisotopic (exact) mass is 331 g/mol. The van der Waals surface area contributed by atoms with E-state index in [0.29, 0.717) is 12.4 Å². The van der Waals surface area contributed by atoms with E-state index >= 15 is 0 Å². The predicted octanol–water partition coefficient (Wildman–Crippen LogP) is 3.33. The zero-order chi connectivity index (χ0) is 17.3. The third-order valence-corrected chi connectivity index (χ3v) is 3.99. The van der Waals surface area contributed by atoms with Gasteiger partial charge >= 0.3 is 0 Å². The van der Waals surface area contributed by atoms with Crippen molar-refractivity contribution in [3.63, 3.8) is 0 Å². The molecule has 1 N–H and O–H groups in total. The van der Waals surface area contributed by atoms with E-state index in [4.69, 9.17) is 18.6 Å². The fourth-order valence-corrected chi connectivity index (χ4v) is 2.87. The number of nitrogens with one attached hydrogen (secondary N) is 1. The molecule has 0 saturated carbocycles. The number of methoxy groups -OCH3 is 2. The Balaban J connectivity index is 1.88. The minimum absolute atomic E-state index is 0.206. The number of carbonyl (C=O) groups excluding carboxylic acids is 1. The molecule has 0 unspecified atom stereocenters. The number of hydrogen-bond donors (Lipinski definition) is 1. The van der Waals surface area contributed by atoms with Gasteiger partial charge in [0, 0.05) is 18.1 Å². The largest absolute Gasteiger partial charge is 0.497 e. The Morgan fingerprint density at radius 1 is 1.21 bits per heavy atom. The van der Waals surface area contributed by atoms with Crippen LogP contribution in [0.3, 0.4) is 0 Å². The van der Waals surface area contributed by atoms with Gasteiger partial charge < -0.3 is 23.9 Å². The SMILES string of the molecule is COc1ccc2c(c1)[C@@H](NC(=O)c1ccc(OC)o1)CC(C)(C)O2. The molecule has 24 heavy (non-hydrogen) atoms. The maximum atomic E-state index is 12.5. The number of fused-ring (bicyclic) bond motifs is 1. The van der Waals surface area contributed by atoms with Crippen LogP contribution < -0.4 is 19.5 Å². The lowest BCUT2D eigenvalue weighted by Crippen LogP contribution is -2.41. The summed E-state index contributed by atoms with van der Waals surface area (Å²) < 4.78 is 21.6. The molecule has 0 spiro atoms. The Hall–Kier alpha value is -2.63. The van der Waals surface area contributed by atoms with E-state index in [0.717, 1.165) is 17.1 Å². The zero-order valence-corrected chi connectivity index (χ0v) is 14.2. The summed E-state index contributed by atoms with van der Waals surface area (Å²) in [5.41, 5.74) is 0.501. The highest BCUT2D eigenvalue weighted by Crippen LogP contribution is 2.41. The summed E-state index contributed by atoms with van der Waals surface area (Å²) in [5, 5.41) is 3.01. The van der Waals surface area contributed by atoms with Crippen molar-refractivity contribution in [3.05, 3.63) is 41.7 Å². The second-order valence-corrected chi connectivity index (χ2v) is 6.32. The van der Waals surface area contributed by atoms with E-state index < -0.39 is 0 Å². The van der Waals surface area contributed by atoms with Gasteiger partial charge in [0.2, 0.25) is 0 Å². The minimum atomic E-state index is -0.389. The fourth-order valence-electron chi connectivity index (χ4n) is 2.87. The lowest BCUT2D eigenvalue weighted by Gasteiger charge is -2.37. The van der Waals surface area contributed by atoms with Crippen LogP contribution in [-0.4, -0.2) is 25.7 Å². The molecule has 6 nitrogen and oxygen atoms in total. The van der Waals surface area contributed by atoms with Gasteiger partial charge in [-0.05, 0) is 38.1 Å². The number of rotatable bonds is 4. The first-order valence-electron chi connectivity index (χ1n) is 7.73. The molecule has 1 aliphatic heterocycles. The lowest BCUT2D eigenvalue weighted by molar-refractivity contribution is 0.0608. The molecular weight excluding hydrogens is 310 g/mol. The molecule has 0 bridgehead atoms. The van der Waals surface area contributed by atoms with Crippen molar-refractivity contribution in [2.75, 3.05) is 14.2 Å². The van der Waals surface area contributed by atoms with Crippen LogP contribution in [0.4, 0.5) is 0 Å². The van der Waals surface area contributed by atoms with Gasteiger partial charge in [-0.25, -0.2) is 0 Å². The van der Waals surface area contributed by atoms with Crippen LogP contribution in [0, 0.1) is 0 Å². The van der Waals surface area contributed by atoms with Gasteiger partial charge in [0.25, 0.3) is 11.9 Å². The Morgan fingerprint density at radius 2 is 2.00 bits per heavy atom. The maximum absolute atomic E-state index is 12.5. The van der Waals surface area contributed by atoms with E-state index in [1.54, 1.807) is 19.2 Å². The molecule has 0 aliphatic carbocycles. The standard InChI is InChI=1S/C18H21NO5/c1-18(2)10-13(12-9-11(21-3)5-6-14(12)24-18)19-17(20)15-7-8-16(22-4)23-15/h5-9,13H,10H2,1-4H3,(H,19,20)/t13-/m0/s1. The zero-order valence-electron chi connectivity index (χ0n) is 14.2. The molecule has 2 aromatic rings. The number of furan rings is 1. The lowest BCUT2D eigenvalue weighted by atomic mass is 9.89. The Morgan fingerprint density at radius 3 is 2.67 bits per heavy atom. The summed E-state index contributed by atoms with van der Waals surface area (Å²) in [4.78, 5) is 12.5. The molecule has 1 aromatic carbocycles. The highest BCUT2D eigenvalue weighted by atomic mass is 16.6. The van der Waals surface area contributed by atoms with Gasteiger partial charge in [-0.2, -0.15) is 0 Å². The molecule has 6 heteroatoms. The highest BCUT2D eigenvalue weighted by Gasteiger charge is 2.35. The second kappa shape index (κ2) is 6.11. The number of benzene rings is 1. The van der Waals surface area contributed by atoms with Crippen molar-refractivity contribution in [1.29, 1.82) is 0 Å². The van der Waals surface area contributed by atoms with Gasteiger partial charge in [-0.3, -0.25) is 4.79 Å². The van der Waals surface area contributed by atoms with Gasteiger partial charge in [-0.15, -0.1) is 0 Å². The van der Waals surface area contributed by atoms with Crippen molar-refractivity contribution in [3.8, 4) is 17.4 Å². The predicted molar refractivity (Wildman–Crippen MR) is 87.8 cm³/mol. The van der Waals surface area contributed by atoms with Crippen molar-refractivity contribution in [1.82, 2.24) is 5.32 Å². The molecule has 1 aliphatic rings. The fraction of sp³-hybridized carbons (Fsp3) is 0.389. The Labute approximate surface area is 140 Å². The quantitative estimate of drug-likeness (QED) is 0.930. The first-order valence-corrected chi connectivity index (χ1v) is 7.73. The summed E-state index contributed by atoms with van der Waals surface area (Å²) >= 11 is 0. The van der Waals surface area contributed by atoms with E-state index in [2.05, 4.69) is 5.32 Å². The van der Waals surface area contributed by atoms with E-state index in [1.807, 2.05) is 32.0 Å². The van der Waals surface area contributed by atoms with Crippen molar-refractivity contribution >= 4 is 5.91 Å². The number of hydrogen-bond acceptors (Lipinski definition) is 5. The first kappa shape index (κ1) is 16.2. The summed E-state index contributed by atoms with van der Waals surface area (Å²) in [7, 11) is 3.10. The molecular formula is C18H21NO5. The van der Waals surface area contributed by atoms with Crippen LogP contribution in [0.5, 0.6) is 17.4 Å². The summed E-state index contributed by atoms with van der Waals surface area (Å²) in [6.07, 6.45) is 0.636. The van der Waals surface area contributed by atoms with Crippen molar-refractivity contribution in [2.45, 2.75) is 31.9 Å². The van der Waals surface area contributed by atoms with E-state index in [9.17, 15) is 4.79 Å². The van der Waals surface area contributed by atoms with Gasteiger partial charge in [0.1, 0.15) is 17.1 Å². The summed E-state index contributed by atoms with van der Waals surface area (Å²) in [6.45, 7) is 3.99. The Bertz CT molecular complexity index is 750. The number of ether oxygens (including phenoxy) is 3. The maximum Gasteiger partial charge on any atom is 0.287 e. The van der Waals surface area contributed by atoms with Crippen LogP contribution in [0.15, 0.2) is 34.7 Å². The molecule has 1 atom stereocenters. The molecule has 0 radical (unpaired) electrons. The minimum Gasteiger partial charge on any atom is -0.497 e. The molecule has 3 rings (SSSR count). The van der Waals surface area contributed by atoms with Crippen LogP contribution in [0.2, 0.25) is 0 Å². The molecule has 0 fully saturated rings. The van der Waals surface area contributed by atoms with E-state index in [-0.39, 0.29) is 23.3 Å². The molecule has 1 aromatic heterocycles. The van der Waals surface area contributed by atoms with Crippen molar-refractivity contribution in [2.24, 2.45) is 0 Å². The number of amides is 1. The number of carbonyl (C=O) groups is 1. The molecule has 128 valence electrons. The summed E-state index contributed by atoms with van der Waals surface area (Å²) in [5.74, 6) is 1.68. The topological polar surface area (TPSA) is 69.9 Å². The van der Waals surface area contributed by atoms with E-state index in [1.165, 1.54) is 7.11 Å². The van der Waals surface area contributed by atoms with Gasteiger partial charge in [0.05, 0.1) is 20.3 Å². The third-order valence-electron chi connectivity index (χ3n) is 3.99. The Kier molecular flexibility index (Phi) is 4.13. The van der Waals surface area contributed by atoms with Gasteiger partial charge in [-0.1, -0.05) is 0 Å². The van der Waals surface area contributed by atoms with Crippen LogP contribution in [0.25, 0.3) is 0 Å². The van der Waals surface area contributed by atoms with Crippen LogP contribution >= 0.6 is 0 Å².